The fourth-order valence-corrected chi connectivity index (χ4v) is 2.30. The van der Waals surface area contributed by atoms with E-state index in [1.807, 2.05) is 13.8 Å². The van der Waals surface area contributed by atoms with Gasteiger partial charge in [-0.1, -0.05) is 13.8 Å². The molecule has 0 aromatic rings. The van der Waals surface area contributed by atoms with E-state index >= 15 is 0 Å². The number of amides is 2. The maximum absolute atomic E-state index is 12.3. The third kappa shape index (κ3) is 3.88. The normalized spacial score (nSPS) is 22.6. The number of hydrogen-bond donors (Lipinski definition) is 1. The highest BCUT2D eigenvalue weighted by Crippen LogP contribution is 2.22. The highest BCUT2D eigenvalue weighted by molar-refractivity contribution is 5.99. The van der Waals surface area contributed by atoms with Crippen LogP contribution in [0.3, 0.4) is 0 Å². The molecule has 1 aliphatic heterocycles. The molecule has 0 aromatic heterocycles. The molecule has 0 aromatic carbocycles. The molecule has 1 aliphatic rings. The minimum atomic E-state index is -2.53. The third-order valence-corrected chi connectivity index (χ3v) is 3.19. The summed E-state index contributed by atoms with van der Waals surface area (Å²) in [5.41, 5.74) is -0.981. The van der Waals surface area contributed by atoms with E-state index in [0.29, 0.717) is 0 Å². The molecule has 116 valence electrons. The lowest BCUT2D eigenvalue weighted by Crippen LogP contribution is -2.69. The SMILES string of the molecule is CC(C)C1C(=O)NC(C)(C)C(=O)N1CCOCC(F)F. The Morgan fingerprint density at radius 3 is 2.45 bits per heavy atom. The molecular weight excluding hydrogens is 270 g/mol. The molecule has 1 unspecified atom stereocenters. The van der Waals surface area contributed by atoms with Gasteiger partial charge in [0.05, 0.1) is 6.61 Å². The number of alkyl halides is 2. The molecule has 1 heterocycles. The highest BCUT2D eigenvalue weighted by Gasteiger charge is 2.45. The number of carbonyl (C=O) groups excluding carboxylic acids is 2. The van der Waals surface area contributed by atoms with Crippen molar-refractivity contribution in [2.45, 2.75) is 45.7 Å². The van der Waals surface area contributed by atoms with Gasteiger partial charge in [0.1, 0.15) is 18.2 Å². The Morgan fingerprint density at radius 1 is 1.35 bits per heavy atom. The van der Waals surface area contributed by atoms with E-state index in [9.17, 15) is 18.4 Å². The van der Waals surface area contributed by atoms with Crippen molar-refractivity contribution < 1.29 is 23.1 Å². The van der Waals surface area contributed by atoms with E-state index in [2.05, 4.69) is 5.32 Å². The fraction of sp³-hybridized carbons (Fsp3) is 0.846. The second-order valence-corrected chi connectivity index (χ2v) is 5.77. The molecule has 7 heteroatoms. The molecule has 1 rings (SSSR count). The average molecular weight is 292 g/mol. The van der Waals surface area contributed by atoms with Gasteiger partial charge in [-0.15, -0.1) is 0 Å². The zero-order valence-electron chi connectivity index (χ0n) is 12.3. The fourth-order valence-electron chi connectivity index (χ4n) is 2.30. The number of nitrogens with one attached hydrogen (secondary N) is 1. The number of halogens is 2. The molecule has 0 bridgehead atoms. The van der Waals surface area contributed by atoms with Gasteiger partial charge in [-0.05, 0) is 19.8 Å². The van der Waals surface area contributed by atoms with Crippen LogP contribution in [0.25, 0.3) is 0 Å². The van der Waals surface area contributed by atoms with Gasteiger partial charge in [0, 0.05) is 6.54 Å². The van der Waals surface area contributed by atoms with Crippen LogP contribution in [-0.2, 0) is 14.3 Å². The van der Waals surface area contributed by atoms with Crippen molar-refractivity contribution >= 4 is 11.8 Å². The third-order valence-electron chi connectivity index (χ3n) is 3.19. The van der Waals surface area contributed by atoms with Crippen LogP contribution in [0.5, 0.6) is 0 Å². The molecule has 1 atom stereocenters. The van der Waals surface area contributed by atoms with E-state index in [-0.39, 0.29) is 30.9 Å². The van der Waals surface area contributed by atoms with Gasteiger partial charge >= 0.3 is 0 Å². The van der Waals surface area contributed by atoms with Gasteiger partial charge < -0.3 is 15.0 Å². The monoisotopic (exact) mass is 292 g/mol. The second kappa shape index (κ2) is 6.47. The van der Waals surface area contributed by atoms with Crippen LogP contribution in [0.2, 0.25) is 0 Å². The van der Waals surface area contributed by atoms with Crippen LogP contribution in [0, 0.1) is 5.92 Å². The topological polar surface area (TPSA) is 58.6 Å². The average Bonchev–Trinajstić information content (AvgIpc) is 2.28. The number of ether oxygens (including phenoxy) is 1. The standard InChI is InChI=1S/C13H22F2N2O3/c1-8(2)10-11(18)16-13(3,4)12(19)17(10)5-6-20-7-9(14)15/h8-10H,5-7H2,1-4H3,(H,16,18). The lowest BCUT2D eigenvalue weighted by atomic mass is 9.91. The van der Waals surface area contributed by atoms with Gasteiger partial charge in [-0.25, -0.2) is 8.78 Å². The largest absolute Gasteiger partial charge is 0.374 e. The number of carbonyl (C=O) groups is 2. The minimum absolute atomic E-state index is 0.0113. The summed E-state index contributed by atoms with van der Waals surface area (Å²) in [7, 11) is 0. The van der Waals surface area contributed by atoms with Crippen molar-refractivity contribution in [3.63, 3.8) is 0 Å². The molecule has 0 saturated carbocycles. The van der Waals surface area contributed by atoms with Gasteiger partial charge in [0.15, 0.2) is 0 Å². The maximum atomic E-state index is 12.3. The smallest absolute Gasteiger partial charge is 0.261 e. The van der Waals surface area contributed by atoms with Gasteiger partial charge in [0.25, 0.3) is 6.43 Å². The molecule has 5 nitrogen and oxygen atoms in total. The quantitative estimate of drug-likeness (QED) is 0.744. The lowest BCUT2D eigenvalue weighted by Gasteiger charge is -2.44. The molecule has 0 spiro atoms. The summed E-state index contributed by atoms with van der Waals surface area (Å²) in [5, 5.41) is 2.68. The van der Waals surface area contributed by atoms with Gasteiger partial charge in [-0.2, -0.15) is 0 Å². The van der Waals surface area contributed by atoms with Crippen LogP contribution >= 0.6 is 0 Å². The predicted octanol–water partition coefficient (Wildman–Crippen LogP) is 1.03. The van der Waals surface area contributed by atoms with E-state index in [0.717, 1.165) is 0 Å². The lowest BCUT2D eigenvalue weighted by molar-refractivity contribution is -0.156. The zero-order chi connectivity index (χ0) is 15.5. The van der Waals surface area contributed by atoms with Crippen LogP contribution < -0.4 is 5.32 Å². The first kappa shape index (κ1) is 16.8. The Morgan fingerprint density at radius 2 is 1.95 bits per heavy atom. The molecule has 20 heavy (non-hydrogen) atoms. The molecule has 0 aliphatic carbocycles. The number of rotatable bonds is 6. The number of nitrogens with zero attached hydrogens (tertiary/aromatic N) is 1. The Hall–Kier alpha value is -1.24. The van der Waals surface area contributed by atoms with Crippen LogP contribution in [0.1, 0.15) is 27.7 Å². The van der Waals surface area contributed by atoms with Crippen LogP contribution in [0.15, 0.2) is 0 Å². The first-order valence-electron chi connectivity index (χ1n) is 6.66. The zero-order valence-corrected chi connectivity index (χ0v) is 12.3. The molecule has 1 fully saturated rings. The van der Waals surface area contributed by atoms with Gasteiger partial charge in [-0.3, -0.25) is 9.59 Å². The van der Waals surface area contributed by atoms with Crippen molar-refractivity contribution in [3.05, 3.63) is 0 Å². The maximum Gasteiger partial charge on any atom is 0.261 e. The van der Waals surface area contributed by atoms with Crippen molar-refractivity contribution in [1.82, 2.24) is 10.2 Å². The highest BCUT2D eigenvalue weighted by atomic mass is 19.3. The predicted molar refractivity (Wildman–Crippen MR) is 69.4 cm³/mol. The summed E-state index contributed by atoms with van der Waals surface area (Å²) in [5.74, 6) is -0.514. The number of piperazine rings is 1. The summed E-state index contributed by atoms with van der Waals surface area (Å²) in [6.45, 7) is 6.37. The van der Waals surface area contributed by atoms with Crippen molar-refractivity contribution in [2.24, 2.45) is 5.92 Å². The number of hydrogen-bond acceptors (Lipinski definition) is 3. The van der Waals surface area contributed by atoms with Crippen molar-refractivity contribution in [1.29, 1.82) is 0 Å². The van der Waals surface area contributed by atoms with Crippen LogP contribution in [0.4, 0.5) is 8.78 Å². The molecule has 1 saturated heterocycles. The Balaban J connectivity index is 2.74. The first-order valence-corrected chi connectivity index (χ1v) is 6.66. The summed E-state index contributed by atoms with van der Waals surface area (Å²) in [6.07, 6.45) is -2.53. The molecule has 0 radical (unpaired) electrons. The molecule has 2 amide bonds. The first-order chi connectivity index (χ1) is 9.16. The summed E-state index contributed by atoms with van der Waals surface area (Å²) < 4.78 is 28.8. The Bertz CT molecular complexity index is 373. The molecule has 1 N–H and O–H groups in total. The van der Waals surface area contributed by atoms with E-state index in [4.69, 9.17) is 4.74 Å². The minimum Gasteiger partial charge on any atom is -0.374 e. The summed E-state index contributed by atoms with van der Waals surface area (Å²) in [4.78, 5) is 25.9. The molecular formula is C13H22F2N2O3. The summed E-state index contributed by atoms with van der Waals surface area (Å²) in [6, 6.07) is -0.592. The van der Waals surface area contributed by atoms with E-state index in [1.165, 1.54) is 4.90 Å². The van der Waals surface area contributed by atoms with E-state index < -0.39 is 24.6 Å². The van der Waals surface area contributed by atoms with Crippen molar-refractivity contribution in [3.8, 4) is 0 Å². The Kier molecular flexibility index (Phi) is 5.44. The Labute approximate surface area is 117 Å². The van der Waals surface area contributed by atoms with Crippen molar-refractivity contribution in [2.75, 3.05) is 19.8 Å². The van der Waals surface area contributed by atoms with Crippen LogP contribution in [-0.4, -0.2) is 54.5 Å². The van der Waals surface area contributed by atoms with E-state index in [1.54, 1.807) is 13.8 Å². The van der Waals surface area contributed by atoms with Gasteiger partial charge in [0.2, 0.25) is 11.8 Å². The summed E-state index contributed by atoms with van der Waals surface area (Å²) >= 11 is 0. The second-order valence-electron chi connectivity index (χ2n) is 5.77.